The van der Waals surface area contributed by atoms with Crippen LogP contribution in [0.4, 0.5) is 0 Å². The minimum atomic E-state index is -0.238. The highest BCUT2D eigenvalue weighted by Gasteiger charge is 2.28. The van der Waals surface area contributed by atoms with E-state index < -0.39 is 0 Å². The summed E-state index contributed by atoms with van der Waals surface area (Å²) in [4.78, 5) is 17.0. The van der Waals surface area contributed by atoms with Gasteiger partial charge in [-0.3, -0.25) is 14.4 Å². The van der Waals surface area contributed by atoms with E-state index in [1.165, 1.54) is 0 Å². The van der Waals surface area contributed by atoms with Crippen molar-refractivity contribution in [3.05, 3.63) is 41.7 Å². The van der Waals surface area contributed by atoms with Crippen LogP contribution >= 0.6 is 0 Å². The number of aryl methyl sites for hydroxylation is 1. The number of nitrogens with zero attached hydrogens (tertiary/aromatic N) is 5. The molecule has 3 rings (SSSR count). The van der Waals surface area contributed by atoms with Crippen molar-refractivity contribution >= 4 is 5.91 Å². The van der Waals surface area contributed by atoms with Crippen LogP contribution in [0.1, 0.15) is 37.9 Å². The molecule has 2 heterocycles. The second-order valence-corrected chi connectivity index (χ2v) is 9.03. The van der Waals surface area contributed by atoms with Crippen molar-refractivity contribution < 1.29 is 19.4 Å². The van der Waals surface area contributed by atoms with E-state index in [9.17, 15) is 9.90 Å². The lowest BCUT2D eigenvalue weighted by molar-refractivity contribution is -0.136. The molecule has 0 saturated heterocycles. The molecular formula is C24H37N5O4. The molecule has 0 saturated carbocycles. The van der Waals surface area contributed by atoms with Gasteiger partial charge in [0.25, 0.3) is 0 Å². The normalized spacial score (nSPS) is 21.3. The Labute approximate surface area is 196 Å². The number of hydrogen-bond acceptors (Lipinski definition) is 7. The Hall–Kier alpha value is -2.49. The molecule has 0 aliphatic carbocycles. The molecule has 1 aromatic carbocycles. The molecule has 0 unspecified atom stereocenters. The van der Waals surface area contributed by atoms with E-state index in [1.807, 2.05) is 31.3 Å². The monoisotopic (exact) mass is 459 g/mol. The second kappa shape index (κ2) is 12.1. The fourth-order valence-electron chi connectivity index (χ4n) is 4.15. The maximum Gasteiger partial charge on any atom is 0.222 e. The number of aliphatic hydroxyl groups excluding tert-OH is 1. The van der Waals surface area contributed by atoms with Gasteiger partial charge in [0, 0.05) is 38.5 Å². The number of aromatic nitrogens is 3. The highest BCUT2D eigenvalue weighted by molar-refractivity contribution is 5.76. The Morgan fingerprint density at radius 3 is 2.97 bits per heavy atom. The first-order valence-electron chi connectivity index (χ1n) is 11.6. The van der Waals surface area contributed by atoms with Crippen molar-refractivity contribution in [2.45, 2.75) is 58.5 Å². The first-order valence-corrected chi connectivity index (χ1v) is 11.6. The molecule has 33 heavy (non-hydrogen) atoms. The molecule has 3 atom stereocenters. The predicted octanol–water partition coefficient (Wildman–Crippen LogP) is 1.94. The van der Waals surface area contributed by atoms with Gasteiger partial charge in [-0.25, -0.2) is 0 Å². The maximum absolute atomic E-state index is 13.0. The van der Waals surface area contributed by atoms with E-state index >= 15 is 0 Å². The van der Waals surface area contributed by atoms with Crippen LogP contribution in [-0.4, -0.2) is 81.8 Å². The zero-order valence-corrected chi connectivity index (χ0v) is 20.2. The number of methoxy groups -OCH3 is 1. The summed E-state index contributed by atoms with van der Waals surface area (Å²) in [5, 5.41) is 18.1. The van der Waals surface area contributed by atoms with Gasteiger partial charge >= 0.3 is 0 Å². The van der Waals surface area contributed by atoms with E-state index in [1.54, 1.807) is 16.7 Å². The van der Waals surface area contributed by atoms with E-state index in [4.69, 9.17) is 9.47 Å². The van der Waals surface area contributed by atoms with Gasteiger partial charge in [0.15, 0.2) is 0 Å². The molecule has 1 aliphatic heterocycles. The number of amides is 1. The summed E-state index contributed by atoms with van der Waals surface area (Å²) in [5.41, 5.74) is 1.94. The molecule has 9 heteroatoms. The average molecular weight is 460 g/mol. The fourth-order valence-corrected chi connectivity index (χ4v) is 4.15. The van der Waals surface area contributed by atoms with Crippen molar-refractivity contribution in [3.63, 3.8) is 0 Å². The van der Waals surface area contributed by atoms with Crippen molar-refractivity contribution in [3.8, 4) is 5.75 Å². The van der Waals surface area contributed by atoms with Crippen LogP contribution in [0.25, 0.3) is 0 Å². The Bertz CT molecular complexity index is 889. The van der Waals surface area contributed by atoms with Crippen LogP contribution in [0.2, 0.25) is 0 Å². The van der Waals surface area contributed by atoms with Crippen LogP contribution in [0.15, 0.2) is 30.5 Å². The smallest absolute Gasteiger partial charge is 0.222 e. The van der Waals surface area contributed by atoms with Crippen molar-refractivity contribution in [2.24, 2.45) is 5.92 Å². The molecule has 1 amide bonds. The van der Waals surface area contributed by atoms with Gasteiger partial charge in [-0.1, -0.05) is 24.3 Å². The van der Waals surface area contributed by atoms with Crippen molar-refractivity contribution in [1.29, 1.82) is 0 Å². The molecule has 9 nitrogen and oxygen atoms in total. The SMILES string of the molecule is COc1cccc(CN(C)C[C@H]2OCc3cn(nn3)CCCC(=O)N([C@@H](C)CO)C[C@@H]2C)c1. The Morgan fingerprint density at radius 1 is 1.39 bits per heavy atom. The predicted molar refractivity (Wildman–Crippen MR) is 125 cm³/mol. The number of likely N-dealkylation sites (N-methyl/N-ethyl adjacent to an activating group) is 1. The number of rotatable bonds is 7. The highest BCUT2D eigenvalue weighted by Crippen LogP contribution is 2.19. The Morgan fingerprint density at radius 2 is 2.21 bits per heavy atom. The van der Waals surface area contributed by atoms with Crippen LogP contribution in [0.5, 0.6) is 5.75 Å². The molecule has 1 aromatic heterocycles. The van der Waals surface area contributed by atoms with Crippen LogP contribution in [0.3, 0.4) is 0 Å². The third-order valence-corrected chi connectivity index (χ3v) is 6.12. The summed E-state index contributed by atoms with van der Waals surface area (Å²) in [6.45, 7) is 6.88. The highest BCUT2D eigenvalue weighted by atomic mass is 16.5. The molecule has 0 fully saturated rings. The van der Waals surface area contributed by atoms with Crippen molar-refractivity contribution in [1.82, 2.24) is 24.8 Å². The fraction of sp³-hybridized carbons (Fsp3) is 0.625. The third kappa shape index (κ3) is 7.25. The van der Waals surface area contributed by atoms with E-state index in [0.29, 0.717) is 39.1 Å². The van der Waals surface area contributed by atoms with Crippen LogP contribution in [0, 0.1) is 5.92 Å². The molecular weight excluding hydrogens is 422 g/mol. The third-order valence-electron chi connectivity index (χ3n) is 6.12. The summed E-state index contributed by atoms with van der Waals surface area (Å²) >= 11 is 0. The standard InChI is InChI=1S/C24H37N5O4/c1-18-12-29(19(2)16-30)24(31)9-6-10-28-14-21(25-26-28)17-33-23(18)15-27(3)13-20-7-5-8-22(11-20)32-4/h5,7-8,11,14,18-19,23,30H,6,9-10,12-13,15-17H2,1-4H3/t18-,19-,23+/m0/s1. The molecule has 1 N–H and O–H groups in total. The van der Waals surface area contributed by atoms with E-state index in [2.05, 4.69) is 35.2 Å². The molecule has 0 radical (unpaired) electrons. The number of carbonyl (C=O) groups excluding carboxylic acids is 1. The van der Waals surface area contributed by atoms with Gasteiger partial charge in [-0.2, -0.15) is 0 Å². The summed E-state index contributed by atoms with van der Waals surface area (Å²) in [6, 6.07) is 7.80. The molecule has 2 bridgehead atoms. The first-order chi connectivity index (χ1) is 15.9. The zero-order chi connectivity index (χ0) is 23.8. The summed E-state index contributed by atoms with van der Waals surface area (Å²) in [5.74, 6) is 0.945. The minimum Gasteiger partial charge on any atom is -0.497 e. The number of fused-ring (bicyclic) bond motifs is 2. The van der Waals surface area contributed by atoms with Gasteiger partial charge < -0.3 is 19.5 Å². The molecule has 182 valence electrons. The topological polar surface area (TPSA) is 93.0 Å². The lowest BCUT2D eigenvalue weighted by atomic mass is 10.0. The van der Waals surface area contributed by atoms with E-state index in [-0.39, 0.29) is 30.6 Å². The van der Waals surface area contributed by atoms with Gasteiger partial charge in [0.1, 0.15) is 11.4 Å². The Kier molecular flexibility index (Phi) is 9.22. The number of carbonyl (C=O) groups is 1. The first kappa shape index (κ1) is 25.1. The Balaban J connectivity index is 1.75. The number of benzene rings is 1. The van der Waals surface area contributed by atoms with Gasteiger partial charge in [-0.15, -0.1) is 5.10 Å². The van der Waals surface area contributed by atoms with E-state index in [0.717, 1.165) is 23.6 Å². The quantitative estimate of drug-likeness (QED) is 0.676. The lowest BCUT2D eigenvalue weighted by Gasteiger charge is -2.35. The maximum atomic E-state index is 13.0. The van der Waals surface area contributed by atoms with Gasteiger partial charge in [0.2, 0.25) is 5.91 Å². The van der Waals surface area contributed by atoms with Crippen LogP contribution in [-0.2, 0) is 29.2 Å². The molecule has 0 spiro atoms. The largest absolute Gasteiger partial charge is 0.497 e. The van der Waals surface area contributed by atoms with Gasteiger partial charge in [0.05, 0.1) is 38.7 Å². The molecule has 1 aliphatic rings. The summed E-state index contributed by atoms with van der Waals surface area (Å²) in [6.07, 6.45) is 2.84. The van der Waals surface area contributed by atoms with Crippen molar-refractivity contribution in [2.75, 3.05) is 33.9 Å². The number of aliphatic hydroxyl groups is 1. The lowest BCUT2D eigenvalue weighted by Crippen LogP contribution is -2.47. The minimum absolute atomic E-state index is 0.0477. The zero-order valence-electron chi connectivity index (χ0n) is 20.2. The van der Waals surface area contributed by atoms with Gasteiger partial charge in [-0.05, 0) is 38.1 Å². The average Bonchev–Trinajstić information content (AvgIpc) is 3.26. The number of hydrogen-bond donors (Lipinski definition) is 1. The molecule has 2 aromatic rings. The summed E-state index contributed by atoms with van der Waals surface area (Å²) in [7, 11) is 3.73. The van der Waals surface area contributed by atoms with Crippen LogP contribution < -0.4 is 4.74 Å². The second-order valence-electron chi connectivity index (χ2n) is 9.03. The number of ether oxygens (including phenoxy) is 2. The summed E-state index contributed by atoms with van der Waals surface area (Å²) < 4.78 is 13.4.